The maximum Gasteiger partial charge on any atom is 0.243 e. The zero-order chi connectivity index (χ0) is 20.3. The van der Waals surface area contributed by atoms with E-state index in [4.69, 9.17) is 9.47 Å². The summed E-state index contributed by atoms with van der Waals surface area (Å²) in [7, 11) is -3.49. The first-order chi connectivity index (χ1) is 14.0. The van der Waals surface area contributed by atoms with Crippen molar-refractivity contribution in [2.75, 3.05) is 43.5 Å². The summed E-state index contributed by atoms with van der Waals surface area (Å²) in [5.41, 5.74) is 1.18. The van der Waals surface area contributed by atoms with Crippen molar-refractivity contribution < 1.29 is 22.7 Å². The third kappa shape index (κ3) is 4.46. The summed E-state index contributed by atoms with van der Waals surface area (Å²) in [5, 5.41) is 5.77. The van der Waals surface area contributed by atoms with Crippen LogP contribution in [0.15, 0.2) is 47.4 Å². The van der Waals surface area contributed by atoms with Gasteiger partial charge >= 0.3 is 0 Å². The van der Waals surface area contributed by atoms with Gasteiger partial charge in [0.05, 0.1) is 11.4 Å². The van der Waals surface area contributed by atoms with E-state index in [0.29, 0.717) is 49.2 Å². The Labute approximate surface area is 169 Å². The molecule has 1 fully saturated rings. The Morgan fingerprint density at radius 3 is 2.52 bits per heavy atom. The number of fused-ring (bicyclic) bond motifs is 1. The van der Waals surface area contributed by atoms with Crippen LogP contribution in [0.4, 0.5) is 11.4 Å². The van der Waals surface area contributed by atoms with E-state index < -0.39 is 10.0 Å². The second kappa shape index (κ2) is 8.30. The SMILES string of the molecule is O=C(CNc1cccc(S(=O)(=O)N2CCCC2)c1)Nc1ccc2c(c1)OCCO2. The minimum atomic E-state index is -3.49. The van der Waals surface area contributed by atoms with Gasteiger partial charge in [-0.3, -0.25) is 4.79 Å². The molecular weight excluding hydrogens is 394 g/mol. The van der Waals surface area contributed by atoms with E-state index in [-0.39, 0.29) is 17.3 Å². The van der Waals surface area contributed by atoms with E-state index >= 15 is 0 Å². The molecule has 2 aliphatic heterocycles. The Hall–Kier alpha value is -2.78. The highest BCUT2D eigenvalue weighted by Crippen LogP contribution is 2.32. The molecule has 1 amide bonds. The number of carbonyl (C=O) groups excluding carboxylic acids is 1. The number of hydrogen-bond acceptors (Lipinski definition) is 6. The molecule has 2 aromatic carbocycles. The molecule has 2 heterocycles. The summed E-state index contributed by atoms with van der Waals surface area (Å²) >= 11 is 0. The van der Waals surface area contributed by atoms with Gasteiger partial charge in [-0.2, -0.15) is 4.31 Å². The molecule has 0 aromatic heterocycles. The predicted molar refractivity (Wildman–Crippen MR) is 109 cm³/mol. The van der Waals surface area contributed by atoms with E-state index in [0.717, 1.165) is 12.8 Å². The molecule has 2 N–H and O–H groups in total. The maximum atomic E-state index is 12.7. The fraction of sp³-hybridized carbons (Fsp3) is 0.350. The Morgan fingerprint density at radius 1 is 0.966 bits per heavy atom. The molecule has 4 rings (SSSR count). The number of hydrogen-bond donors (Lipinski definition) is 2. The highest BCUT2D eigenvalue weighted by atomic mass is 32.2. The zero-order valence-electron chi connectivity index (χ0n) is 15.9. The Bertz CT molecular complexity index is 1000. The number of amides is 1. The number of benzene rings is 2. The van der Waals surface area contributed by atoms with E-state index in [1.54, 1.807) is 42.5 Å². The summed E-state index contributed by atoms with van der Waals surface area (Å²) in [4.78, 5) is 12.5. The molecule has 9 heteroatoms. The van der Waals surface area contributed by atoms with Crippen molar-refractivity contribution in [1.29, 1.82) is 0 Å². The van der Waals surface area contributed by atoms with Gasteiger partial charge in [-0.25, -0.2) is 8.42 Å². The van der Waals surface area contributed by atoms with Crippen LogP contribution in [0.2, 0.25) is 0 Å². The van der Waals surface area contributed by atoms with Crippen LogP contribution in [0.5, 0.6) is 11.5 Å². The first kappa shape index (κ1) is 19.5. The largest absolute Gasteiger partial charge is 0.486 e. The monoisotopic (exact) mass is 417 g/mol. The lowest BCUT2D eigenvalue weighted by Gasteiger charge is -2.19. The van der Waals surface area contributed by atoms with Crippen LogP contribution < -0.4 is 20.1 Å². The van der Waals surface area contributed by atoms with Crippen LogP contribution in [0.3, 0.4) is 0 Å². The lowest BCUT2D eigenvalue weighted by atomic mass is 10.2. The average Bonchev–Trinajstić information content (AvgIpc) is 3.28. The normalized spacial score (nSPS) is 16.4. The number of anilines is 2. The highest BCUT2D eigenvalue weighted by Gasteiger charge is 2.27. The molecule has 0 atom stereocenters. The molecular formula is C20H23N3O5S. The molecule has 0 aliphatic carbocycles. The van der Waals surface area contributed by atoms with E-state index in [1.165, 1.54) is 4.31 Å². The Morgan fingerprint density at radius 2 is 1.72 bits per heavy atom. The van der Waals surface area contributed by atoms with Crippen molar-refractivity contribution in [3.8, 4) is 11.5 Å². The minimum Gasteiger partial charge on any atom is -0.486 e. The summed E-state index contributed by atoms with van der Waals surface area (Å²) in [6, 6.07) is 11.8. The summed E-state index contributed by atoms with van der Waals surface area (Å²) in [6.45, 7) is 2.09. The smallest absolute Gasteiger partial charge is 0.243 e. The minimum absolute atomic E-state index is 0.00164. The number of rotatable bonds is 6. The van der Waals surface area contributed by atoms with Crippen molar-refractivity contribution in [1.82, 2.24) is 4.31 Å². The topological polar surface area (TPSA) is 97.0 Å². The van der Waals surface area contributed by atoms with Gasteiger partial charge in [-0.1, -0.05) is 6.07 Å². The lowest BCUT2D eigenvalue weighted by Crippen LogP contribution is -2.28. The number of ether oxygens (including phenoxy) is 2. The van der Waals surface area contributed by atoms with Gasteiger partial charge in [0.1, 0.15) is 13.2 Å². The molecule has 8 nitrogen and oxygen atoms in total. The fourth-order valence-electron chi connectivity index (χ4n) is 3.35. The van der Waals surface area contributed by atoms with Crippen LogP contribution in [0, 0.1) is 0 Å². The quantitative estimate of drug-likeness (QED) is 0.749. The van der Waals surface area contributed by atoms with E-state index in [2.05, 4.69) is 10.6 Å². The standard InChI is InChI=1S/C20H23N3O5S/c24-20(22-16-6-7-18-19(13-16)28-11-10-27-18)14-21-15-4-3-5-17(12-15)29(25,26)23-8-1-2-9-23/h3-7,12-13,21H,1-2,8-11,14H2,(H,22,24). The lowest BCUT2D eigenvalue weighted by molar-refractivity contribution is -0.114. The second-order valence-corrected chi connectivity index (χ2v) is 8.84. The van der Waals surface area contributed by atoms with Gasteiger partial charge in [0, 0.05) is 30.5 Å². The summed E-state index contributed by atoms with van der Waals surface area (Å²) in [5.74, 6) is 1.000. The fourth-order valence-corrected chi connectivity index (χ4v) is 4.92. The molecule has 0 radical (unpaired) electrons. The average molecular weight is 417 g/mol. The van der Waals surface area contributed by atoms with Crippen molar-refractivity contribution in [3.05, 3.63) is 42.5 Å². The molecule has 2 aliphatic rings. The molecule has 0 unspecified atom stereocenters. The van der Waals surface area contributed by atoms with Crippen LogP contribution in [-0.2, 0) is 14.8 Å². The van der Waals surface area contributed by atoms with Crippen LogP contribution >= 0.6 is 0 Å². The molecule has 0 saturated carbocycles. The molecule has 1 saturated heterocycles. The van der Waals surface area contributed by atoms with Crippen molar-refractivity contribution in [2.24, 2.45) is 0 Å². The first-order valence-electron chi connectivity index (χ1n) is 9.56. The Balaban J connectivity index is 1.37. The van der Waals surface area contributed by atoms with E-state index in [9.17, 15) is 13.2 Å². The first-order valence-corrected chi connectivity index (χ1v) is 11.0. The highest BCUT2D eigenvalue weighted by molar-refractivity contribution is 7.89. The number of sulfonamides is 1. The van der Waals surface area contributed by atoms with Gasteiger partial charge in [-0.05, 0) is 43.2 Å². The van der Waals surface area contributed by atoms with Crippen molar-refractivity contribution in [2.45, 2.75) is 17.7 Å². The molecule has 29 heavy (non-hydrogen) atoms. The molecule has 0 spiro atoms. The molecule has 154 valence electrons. The van der Waals surface area contributed by atoms with Gasteiger partial charge in [0.2, 0.25) is 15.9 Å². The summed E-state index contributed by atoms with van der Waals surface area (Å²) in [6.07, 6.45) is 1.77. The Kier molecular flexibility index (Phi) is 5.59. The van der Waals surface area contributed by atoms with Crippen LogP contribution in [-0.4, -0.2) is 51.5 Å². The number of nitrogens with zero attached hydrogens (tertiary/aromatic N) is 1. The van der Waals surface area contributed by atoms with Gasteiger partial charge in [-0.15, -0.1) is 0 Å². The third-order valence-corrected chi connectivity index (χ3v) is 6.71. The third-order valence-electron chi connectivity index (χ3n) is 4.82. The van der Waals surface area contributed by atoms with Crippen molar-refractivity contribution in [3.63, 3.8) is 0 Å². The number of nitrogens with one attached hydrogen (secondary N) is 2. The van der Waals surface area contributed by atoms with Crippen LogP contribution in [0.1, 0.15) is 12.8 Å². The van der Waals surface area contributed by atoms with Crippen LogP contribution in [0.25, 0.3) is 0 Å². The second-order valence-electron chi connectivity index (χ2n) is 6.90. The molecule has 0 bridgehead atoms. The maximum absolute atomic E-state index is 12.7. The molecule has 2 aromatic rings. The predicted octanol–water partition coefficient (Wildman–Crippen LogP) is 2.29. The van der Waals surface area contributed by atoms with Gasteiger partial charge < -0.3 is 20.1 Å². The van der Waals surface area contributed by atoms with Gasteiger partial charge in [0.25, 0.3) is 0 Å². The van der Waals surface area contributed by atoms with Gasteiger partial charge in [0.15, 0.2) is 11.5 Å². The number of carbonyl (C=O) groups is 1. The van der Waals surface area contributed by atoms with Crippen molar-refractivity contribution >= 4 is 27.3 Å². The zero-order valence-corrected chi connectivity index (χ0v) is 16.7. The summed E-state index contributed by atoms with van der Waals surface area (Å²) < 4.78 is 37.8. The van der Waals surface area contributed by atoms with E-state index in [1.807, 2.05) is 0 Å².